The SMILES string of the molecule is CNC(=O)C=C1C=CC=C(Nc2ncc(F)c(Nc3cccc([N+](=O)[O-])c3)n2)C1=O. The van der Waals surface area contributed by atoms with E-state index in [-0.39, 0.29) is 34.4 Å². The fraction of sp³-hybridized carbons (Fsp3) is 0.0526. The quantitative estimate of drug-likeness (QED) is 0.375. The van der Waals surface area contributed by atoms with Crippen molar-refractivity contribution in [2.45, 2.75) is 0 Å². The van der Waals surface area contributed by atoms with Gasteiger partial charge in [-0.25, -0.2) is 9.37 Å². The molecule has 1 aromatic heterocycles. The number of nitro groups is 1. The number of likely N-dealkylation sites (N-methyl/N-ethyl adjacent to an activating group) is 1. The Hall–Kier alpha value is -4.41. The minimum Gasteiger partial charge on any atom is -0.356 e. The molecule has 1 aliphatic rings. The van der Waals surface area contributed by atoms with Crippen LogP contribution in [0.25, 0.3) is 0 Å². The Morgan fingerprint density at radius 2 is 2.10 bits per heavy atom. The number of carbonyl (C=O) groups is 2. The number of hydrogen-bond donors (Lipinski definition) is 3. The zero-order chi connectivity index (χ0) is 21.7. The molecule has 0 unspecified atom stereocenters. The van der Waals surface area contributed by atoms with Crippen LogP contribution in [0.1, 0.15) is 0 Å². The number of rotatable bonds is 6. The van der Waals surface area contributed by atoms with Gasteiger partial charge < -0.3 is 16.0 Å². The second kappa shape index (κ2) is 8.73. The summed E-state index contributed by atoms with van der Waals surface area (Å²) in [6.07, 6.45) is 6.53. The topological polar surface area (TPSA) is 139 Å². The van der Waals surface area contributed by atoms with Crippen LogP contribution in [0.4, 0.5) is 27.5 Å². The standard InChI is InChI=1S/C19H15FN6O4/c1-21-16(27)8-11-4-2-7-15(17(11)28)24-19-22-10-14(20)18(25-19)23-12-5-3-6-13(9-12)26(29)30/h2-10H,1H3,(H,21,27)(H2,22,23,24,25). The molecule has 0 saturated carbocycles. The lowest BCUT2D eigenvalue weighted by Gasteiger charge is -2.13. The van der Waals surface area contributed by atoms with E-state index in [0.29, 0.717) is 0 Å². The van der Waals surface area contributed by atoms with Gasteiger partial charge >= 0.3 is 0 Å². The first-order valence-corrected chi connectivity index (χ1v) is 8.55. The number of anilines is 3. The van der Waals surface area contributed by atoms with Crippen molar-refractivity contribution in [3.05, 3.63) is 82.0 Å². The molecule has 0 aliphatic heterocycles. The molecule has 1 aliphatic carbocycles. The number of nitrogens with zero attached hydrogens (tertiary/aromatic N) is 3. The van der Waals surface area contributed by atoms with Gasteiger partial charge in [0, 0.05) is 36.5 Å². The third-order valence-electron chi connectivity index (χ3n) is 3.89. The molecule has 0 bridgehead atoms. The lowest BCUT2D eigenvalue weighted by atomic mass is 10.0. The Morgan fingerprint density at radius 3 is 2.83 bits per heavy atom. The summed E-state index contributed by atoms with van der Waals surface area (Å²) >= 11 is 0. The average Bonchev–Trinajstić information content (AvgIpc) is 2.73. The van der Waals surface area contributed by atoms with Gasteiger partial charge in [-0.1, -0.05) is 18.2 Å². The van der Waals surface area contributed by atoms with E-state index in [2.05, 4.69) is 25.9 Å². The number of nitrogens with one attached hydrogen (secondary N) is 3. The summed E-state index contributed by atoms with van der Waals surface area (Å²) in [5, 5.41) is 18.6. The van der Waals surface area contributed by atoms with Crippen LogP contribution in [0, 0.1) is 15.9 Å². The van der Waals surface area contributed by atoms with Crippen molar-refractivity contribution >= 4 is 34.8 Å². The number of hydrogen-bond acceptors (Lipinski definition) is 8. The molecule has 1 heterocycles. The summed E-state index contributed by atoms with van der Waals surface area (Å²) in [7, 11) is 1.44. The molecule has 152 valence electrons. The molecular formula is C19H15FN6O4. The Balaban J connectivity index is 1.81. The van der Waals surface area contributed by atoms with Gasteiger partial charge in [-0.05, 0) is 12.1 Å². The second-order valence-electron chi connectivity index (χ2n) is 5.93. The molecular weight excluding hydrogens is 395 g/mol. The number of aromatic nitrogens is 2. The highest BCUT2D eigenvalue weighted by Crippen LogP contribution is 2.23. The number of Topliss-reactive ketones (excluding diaryl/α,β-unsaturated/α-hetero) is 1. The van der Waals surface area contributed by atoms with Crippen LogP contribution < -0.4 is 16.0 Å². The first-order valence-electron chi connectivity index (χ1n) is 8.55. The van der Waals surface area contributed by atoms with Crippen molar-refractivity contribution in [1.82, 2.24) is 15.3 Å². The van der Waals surface area contributed by atoms with Crippen LogP contribution in [0.15, 0.2) is 66.0 Å². The number of amides is 1. The fourth-order valence-corrected chi connectivity index (χ4v) is 2.45. The minimum atomic E-state index is -0.795. The highest BCUT2D eigenvalue weighted by Gasteiger charge is 2.19. The molecule has 0 saturated heterocycles. The predicted molar refractivity (Wildman–Crippen MR) is 106 cm³/mol. The lowest BCUT2D eigenvalue weighted by molar-refractivity contribution is -0.384. The normalized spacial score (nSPS) is 14.3. The van der Waals surface area contributed by atoms with Gasteiger partial charge in [0.1, 0.15) is 0 Å². The molecule has 3 rings (SSSR count). The average molecular weight is 410 g/mol. The van der Waals surface area contributed by atoms with Gasteiger partial charge in [-0.3, -0.25) is 19.7 Å². The van der Waals surface area contributed by atoms with E-state index in [1.54, 1.807) is 6.08 Å². The number of non-ortho nitro benzene ring substituents is 1. The molecule has 2 aromatic rings. The largest absolute Gasteiger partial charge is 0.356 e. The predicted octanol–water partition coefficient (Wildman–Crippen LogP) is 2.37. The first kappa shape index (κ1) is 20.3. The van der Waals surface area contributed by atoms with E-state index >= 15 is 0 Å². The Labute approximate surface area is 169 Å². The van der Waals surface area contributed by atoms with Crippen LogP contribution in [0.2, 0.25) is 0 Å². The van der Waals surface area contributed by atoms with Crippen LogP contribution in [-0.4, -0.2) is 33.6 Å². The fourth-order valence-electron chi connectivity index (χ4n) is 2.45. The molecule has 30 heavy (non-hydrogen) atoms. The number of ketones is 1. The summed E-state index contributed by atoms with van der Waals surface area (Å²) in [6, 6.07) is 5.47. The van der Waals surface area contributed by atoms with Crippen molar-refractivity contribution in [3.63, 3.8) is 0 Å². The number of nitro benzene ring substituents is 1. The van der Waals surface area contributed by atoms with Crippen molar-refractivity contribution in [3.8, 4) is 0 Å². The van der Waals surface area contributed by atoms with Crippen LogP contribution in [0.3, 0.4) is 0 Å². The Bertz CT molecular complexity index is 1130. The summed E-state index contributed by atoms with van der Waals surface area (Å²) in [6.45, 7) is 0. The van der Waals surface area contributed by atoms with Crippen molar-refractivity contribution in [2.75, 3.05) is 17.7 Å². The smallest absolute Gasteiger partial charge is 0.271 e. The summed E-state index contributed by atoms with van der Waals surface area (Å²) in [4.78, 5) is 42.1. The maximum atomic E-state index is 14.1. The van der Waals surface area contributed by atoms with E-state index in [9.17, 15) is 24.1 Å². The third-order valence-corrected chi connectivity index (χ3v) is 3.89. The van der Waals surface area contributed by atoms with Gasteiger partial charge in [-0.15, -0.1) is 0 Å². The molecule has 0 spiro atoms. The zero-order valence-corrected chi connectivity index (χ0v) is 15.5. The van der Waals surface area contributed by atoms with Gasteiger partial charge in [0.05, 0.1) is 16.8 Å². The first-order chi connectivity index (χ1) is 14.4. The van der Waals surface area contributed by atoms with Crippen LogP contribution in [0.5, 0.6) is 0 Å². The molecule has 1 amide bonds. The highest BCUT2D eigenvalue weighted by atomic mass is 19.1. The minimum absolute atomic E-state index is 0.0839. The molecule has 0 atom stereocenters. The second-order valence-corrected chi connectivity index (χ2v) is 5.93. The Morgan fingerprint density at radius 1 is 1.30 bits per heavy atom. The molecule has 10 nitrogen and oxygen atoms in total. The van der Waals surface area contributed by atoms with Gasteiger partial charge in [-0.2, -0.15) is 4.98 Å². The maximum Gasteiger partial charge on any atom is 0.271 e. The van der Waals surface area contributed by atoms with E-state index in [1.807, 2.05) is 0 Å². The van der Waals surface area contributed by atoms with E-state index in [4.69, 9.17) is 0 Å². The van der Waals surface area contributed by atoms with Crippen LogP contribution >= 0.6 is 0 Å². The number of carbonyl (C=O) groups excluding carboxylic acids is 2. The Kier molecular flexibility index (Phi) is 5.92. The summed E-state index contributed by atoms with van der Waals surface area (Å²) in [5.41, 5.74) is 0.310. The number of benzene rings is 1. The molecule has 0 radical (unpaired) electrons. The summed E-state index contributed by atoms with van der Waals surface area (Å²) in [5.74, 6) is -2.03. The van der Waals surface area contributed by atoms with Crippen LogP contribution in [-0.2, 0) is 9.59 Å². The zero-order valence-electron chi connectivity index (χ0n) is 15.5. The molecule has 3 N–H and O–H groups in total. The van der Waals surface area contributed by atoms with E-state index in [1.165, 1.54) is 43.5 Å². The molecule has 0 fully saturated rings. The third kappa shape index (κ3) is 4.70. The van der Waals surface area contributed by atoms with Crippen molar-refractivity contribution < 1.29 is 18.9 Å². The molecule has 1 aromatic carbocycles. The van der Waals surface area contributed by atoms with Gasteiger partial charge in [0.2, 0.25) is 17.6 Å². The molecule has 11 heteroatoms. The van der Waals surface area contributed by atoms with Crippen molar-refractivity contribution in [1.29, 1.82) is 0 Å². The van der Waals surface area contributed by atoms with E-state index in [0.717, 1.165) is 12.3 Å². The van der Waals surface area contributed by atoms with Gasteiger partial charge in [0.25, 0.3) is 5.69 Å². The highest BCUT2D eigenvalue weighted by molar-refractivity contribution is 6.15. The number of halogens is 1. The number of allylic oxidation sites excluding steroid dienone is 4. The van der Waals surface area contributed by atoms with E-state index < -0.39 is 22.4 Å². The summed E-state index contributed by atoms with van der Waals surface area (Å²) < 4.78 is 14.1. The lowest BCUT2D eigenvalue weighted by Crippen LogP contribution is -2.20. The maximum absolute atomic E-state index is 14.1. The monoisotopic (exact) mass is 410 g/mol. The van der Waals surface area contributed by atoms with Gasteiger partial charge in [0.15, 0.2) is 11.6 Å². The van der Waals surface area contributed by atoms with Crippen molar-refractivity contribution in [2.24, 2.45) is 0 Å².